The van der Waals surface area contributed by atoms with Crippen LogP contribution in [0.2, 0.25) is 0 Å². The Hall–Kier alpha value is -3.76. The van der Waals surface area contributed by atoms with Gasteiger partial charge >= 0.3 is 0 Å². The number of thiophene rings is 1. The molecule has 2 aromatic heterocycles. The molecule has 1 N–H and O–H groups in total. The number of furan rings is 1. The lowest BCUT2D eigenvalue weighted by Gasteiger charge is -1.98. The van der Waals surface area contributed by atoms with Gasteiger partial charge in [0.1, 0.15) is 11.2 Å². The fourth-order valence-corrected chi connectivity index (χ4v) is 5.10. The highest BCUT2D eigenvalue weighted by Crippen LogP contribution is 2.42. The molecule has 0 unspecified atom stereocenters. The van der Waals surface area contributed by atoms with Crippen molar-refractivity contribution in [3.8, 4) is 0 Å². The first kappa shape index (κ1) is 17.1. The van der Waals surface area contributed by atoms with Gasteiger partial charge in [-0.3, -0.25) is 5.41 Å². The molecular weight excluding hydrogens is 388 g/mol. The summed E-state index contributed by atoms with van der Waals surface area (Å²) in [6, 6.07) is 28.4. The number of aliphatic imine (C=N–C) groups is 1. The van der Waals surface area contributed by atoms with Crippen molar-refractivity contribution in [2.75, 3.05) is 0 Å². The van der Waals surface area contributed by atoms with E-state index in [0.29, 0.717) is 0 Å². The van der Waals surface area contributed by atoms with Gasteiger partial charge in [-0.25, -0.2) is 4.99 Å². The van der Waals surface area contributed by atoms with Crippen LogP contribution >= 0.6 is 11.3 Å². The van der Waals surface area contributed by atoms with E-state index in [0.717, 1.165) is 33.1 Å². The predicted molar refractivity (Wildman–Crippen MR) is 127 cm³/mol. The molecule has 0 aliphatic rings. The lowest BCUT2D eigenvalue weighted by molar-refractivity contribution is 0.669. The Morgan fingerprint density at radius 2 is 1.57 bits per heavy atom. The van der Waals surface area contributed by atoms with Gasteiger partial charge in [0, 0.05) is 42.7 Å². The molecule has 0 aliphatic carbocycles. The average molecular weight is 404 g/mol. The SMILES string of the molecule is N=C(/N=C/c1ccc2oc3ccc4sc5ccccc5c4c3c2c1)c1ccccc1. The molecule has 2 heterocycles. The van der Waals surface area contributed by atoms with E-state index in [1.807, 2.05) is 53.8 Å². The van der Waals surface area contributed by atoms with Gasteiger partial charge < -0.3 is 4.42 Å². The van der Waals surface area contributed by atoms with Crippen LogP contribution in [0.25, 0.3) is 42.1 Å². The van der Waals surface area contributed by atoms with E-state index in [4.69, 9.17) is 9.83 Å². The van der Waals surface area contributed by atoms with Gasteiger partial charge in [-0.05, 0) is 42.0 Å². The Labute approximate surface area is 176 Å². The van der Waals surface area contributed by atoms with E-state index in [9.17, 15) is 0 Å². The van der Waals surface area contributed by atoms with E-state index in [1.165, 1.54) is 20.2 Å². The molecule has 6 rings (SSSR count). The fraction of sp³-hybridized carbons (Fsp3) is 0. The zero-order valence-electron chi connectivity index (χ0n) is 15.9. The third-order valence-corrected chi connectivity index (χ3v) is 6.52. The topological polar surface area (TPSA) is 49.4 Å². The maximum Gasteiger partial charge on any atom is 0.151 e. The Morgan fingerprint density at radius 3 is 2.47 bits per heavy atom. The molecule has 6 aromatic rings. The third-order valence-electron chi connectivity index (χ3n) is 5.39. The average Bonchev–Trinajstić information content (AvgIpc) is 3.35. The fourth-order valence-electron chi connectivity index (χ4n) is 3.99. The molecule has 0 bridgehead atoms. The Balaban J connectivity index is 1.54. The first-order chi connectivity index (χ1) is 14.8. The summed E-state index contributed by atoms with van der Waals surface area (Å²) in [5.41, 5.74) is 3.51. The molecule has 3 nitrogen and oxygen atoms in total. The maximum atomic E-state index is 8.21. The van der Waals surface area contributed by atoms with Gasteiger partial charge in [-0.15, -0.1) is 11.3 Å². The molecule has 30 heavy (non-hydrogen) atoms. The number of fused-ring (bicyclic) bond motifs is 7. The highest BCUT2D eigenvalue weighted by Gasteiger charge is 2.14. The number of nitrogens with zero attached hydrogens (tertiary/aromatic N) is 1. The molecule has 0 saturated heterocycles. The maximum absolute atomic E-state index is 8.21. The standard InChI is InChI=1S/C26H16N2OS/c27-26(17-6-2-1-3-7-17)28-15-16-10-11-20-19(14-16)24-21(29-20)12-13-23-25(24)18-8-4-5-9-22(18)30-23/h1-15,27H/b27-26?,28-15+. The van der Waals surface area contributed by atoms with Crippen LogP contribution in [0, 0.1) is 5.41 Å². The number of amidine groups is 1. The molecule has 0 atom stereocenters. The van der Waals surface area contributed by atoms with Crippen LogP contribution in [0.1, 0.15) is 11.1 Å². The summed E-state index contributed by atoms with van der Waals surface area (Å²) >= 11 is 1.81. The van der Waals surface area contributed by atoms with Crippen molar-refractivity contribution in [1.29, 1.82) is 5.41 Å². The Morgan fingerprint density at radius 1 is 0.767 bits per heavy atom. The van der Waals surface area contributed by atoms with Gasteiger partial charge in [0.2, 0.25) is 0 Å². The van der Waals surface area contributed by atoms with Crippen LogP contribution < -0.4 is 0 Å². The highest BCUT2D eigenvalue weighted by molar-refractivity contribution is 7.26. The van der Waals surface area contributed by atoms with Gasteiger partial charge in [0.25, 0.3) is 0 Å². The quantitative estimate of drug-likeness (QED) is 0.237. The van der Waals surface area contributed by atoms with Crippen LogP contribution in [0.5, 0.6) is 0 Å². The number of hydrogen-bond donors (Lipinski definition) is 1. The highest BCUT2D eigenvalue weighted by atomic mass is 32.1. The number of rotatable bonds is 2. The molecule has 142 valence electrons. The van der Waals surface area contributed by atoms with Crippen molar-refractivity contribution in [1.82, 2.24) is 0 Å². The normalized spacial score (nSPS) is 12.0. The summed E-state index contributed by atoms with van der Waals surface area (Å²) < 4.78 is 8.69. The second-order valence-electron chi connectivity index (χ2n) is 7.24. The van der Waals surface area contributed by atoms with Crippen LogP contribution in [0.4, 0.5) is 0 Å². The summed E-state index contributed by atoms with van der Waals surface area (Å²) in [7, 11) is 0. The first-order valence-corrected chi connectivity index (χ1v) is 10.5. The molecule has 0 aliphatic heterocycles. The molecule has 4 aromatic carbocycles. The Bertz CT molecular complexity index is 1610. The van der Waals surface area contributed by atoms with Crippen LogP contribution in [-0.4, -0.2) is 12.1 Å². The molecule has 0 fully saturated rings. The van der Waals surface area contributed by atoms with Gasteiger partial charge in [-0.1, -0.05) is 48.5 Å². The molecule has 0 spiro atoms. The second kappa shape index (κ2) is 6.65. The number of hydrogen-bond acceptors (Lipinski definition) is 3. The number of benzene rings is 4. The predicted octanol–water partition coefficient (Wildman–Crippen LogP) is 7.40. The van der Waals surface area contributed by atoms with E-state index >= 15 is 0 Å². The van der Waals surface area contributed by atoms with Crippen molar-refractivity contribution in [2.24, 2.45) is 4.99 Å². The zero-order chi connectivity index (χ0) is 20.1. The molecular formula is C26H16N2OS. The lowest BCUT2D eigenvalue weighted by Crippen LogP contribution is -1.95. The van der Waals surface area contributed by atoms with Gasteiger partial charge in [-0.2, -0.15) is 0 Å². The summed E-state index contributed by atoms with van der Waals surface area (Å²) in [5.74, 6) is 0.249. The minimum absolute atomic E-state index is 0.249. The summed E-state index contributed by atoms with van der Waals surface area (Å²) in [6.07, 6.45) is 1.75. The van der Waals surface area contributed by atoms with E-state index in [-0.39, 0.29) is 5.84 Å². The smallest absolute Gasteiger partial charge is 0.151 e. The molecule has 0 radical (unpaired) electrons. The zero-order valence-corrected chi connectivity index (χ0v) is 16.7. The van der Waals surface area contributed by atoms with Crippen molar-refractivity contribution < 1.29 is 4.42 Å². The minimum atomic E-state index is 0.249. The van der Waals surface area contributed by atoms with E-state index in [1.54, 1.807) is 6.21 Å². The molecule has 4 heteroatoms. The summed E-state index contributed by atoms with van der Waals surface area (Å²) in [6.45, 7) is 0. The van der Waals surface area contributed by atoms with Gasteiger partial charge in [0.15, 0.2) is 5.84 Å². The Kier molecular flexibility index (Phi) is 3.79. The van der Waals surface area contributed by atoms with Crippen LogP contribution in [0.3, 0.4) is 0 Å². The number of nitrogens with one attached hydrogen (secondary N) is 1. The monoisotopic (exact) mass is 404 g/mol. The summed E-state index contributed by atoms with van der Waals surface area (Å²) in [4.78, 5) is 4.37. The van der Waals surface area contributed by atoms with Crippen molar-refractivity contribution >= 4 is 65.5 Å². The van der Waals surface area contributed by atoms with E-state index < -0.39 is 0 Å². The second-order valence-corrected chi connectivity index (χ2v) is 8.32. The van der Waals surface area contributed by atoms with Crippen LogP contribution in [-0.2, 0) is 0 Å². The van der Waals surface area contributed by atoms with Crippen molar-refractivity contribution in [2.45, 2.75) is 0 Å². The molecule has 0 amide bonds. The lowest BCUT2D eigenvalue weighted by atomic mass is 10.0. The molecule has 0 saturated carbocycles. The summed E-state index contributed by atoms with van der Waals surface area (Å²) in [5, 5.41) is 12.9. The van der Waals surface area contributed by atoms with Crippen molar-refractivity contribution in [3.63, 3.8) is 0 Å². The first-order valence-electron chi connectivity index (χ1n) is 9.72. The van der Waals surface area contributed by atoms with E-state index in [2.05, 4.69) is 47.5 Å². The third kappa shape index (κ3) is 2.65. The largest absolute Gasteiger partial charge is 0.456 e. The van der Waals surface area contributed by atoms with Crippen LogP contribution in [0.15, 0.2) is 94.3 Å². The van der Waals surface area contributed by atoms with Crippen molar-refractivity contribution in [3.05, 3.63) is 96.1 Å². The van der Waals surface area contributed by atoms with Gasteiger partial charge in [0.05, 0.1) is 0 Å². The minimum Gasteiger partial charge on any atom is -0.456 e.